The minimum atomic E-state index is -1.71. The van der Waals surface area contributed by atoms with Gasteiger partial charge in [0.25, 0.3) is 0 Å². The molecule has 4 rings (SSSR count). The molecule has 0 radical (unpaired) electrons. The molecular formula is C32H34OP+. The number of rotatable bonds is 11. The summed E-state index contributed by atoms with van der Waals surface area (Å²) in [5.41, 5.74) is 1.35. The summed E-state index contributed by atoms with van der Waals surface area (Å²) in [6, 6.07) is 41.9. The molecule has 4 aromatic rings. The summed E-state index contributed by atoms with van der Waals surface area (Å²) in [6.45, 7) is 0. The first-order chi connectivity index (χ1) is 16.8. The summed E-state index contributed by atoms with van der Waals surface area (Å²) in [4.78, 5) is 0. The predicted molar refractivity (Wildman–Crippen MR) is 150 cm³/mol. The van der Waals surface area contributed by atoms with Crippen molar-refractivity contribution >= 4 is 23.2 Å². The molecule has 0 saturated heterocycles. The van der Waals surface area contributed by atoms with Crippen LogP contribution in [0.1, 0.15) is 24.8 Å². The SMILES string of the molecule is COc1ccc(CC/C=C/CCC[P+](c2ccccc2)(c2ccccc2)c2ccccc2)cc1. The van der Waals surface area contributed by atoms with Crippen molar-refractivity contribution in [1.82, 2.24) is 0 Å². The first kappa shape index (κ1) is 24.0. The summed E-state index contributed by atoms with van der Waals surface area (Å²) < 4.78 is 5.25. The van der Waals surface area contributed by atoms with E-state index in [9.17, 15) is 0 Å². The van der Waals surface area contributed by atoms with Crippen LogP contribution < -0.4 is 20.7 Å². The van der Waals surface area contributed by atoms with Crippen LogP contribution in [0.2, 0.25) is 0 Å². The summed E-state index contributed by atoms with van der Waals surface area (Å²) in [7, 11) is 0.000156. The molecule has 0 aliphatic carbocycles. The Hall–Kier alpha value is -3.15. The molecule has 0 saturated carbocycles. The lowest BCUT2D eigenvalue weighted by Crippen LogP contribution is -2.33. The molecule has 0 atom stereocenters. The van der Waals surface area contributed by atoms with Crippen molar-refractivity contribution in [1.29, 1.82) is 0 Å². The summed E-state index contributed by atoms with van der Waals surface area (Å²) in [5, 5.41) is 4.41. The molecule has 0 aliphatic rings. The maximum absolute atomic E-state index is 5.25. The Balaban J connectivity index is 1.47. The Morgan fingerprint density at radius 1 is 0.588 bits per heavy atom. The Kier molecular flexibility index (Phi) is 8.71. The van der Waals surface area contributed by atoms with E-state index in [2.05, 4.69) is 115 Å². The molecule has 0 N–H and O–H groups in total. The summed E-state index contributed by atoms with van der Waals surface area (Å²) >= 11 is 0. The van der Waals surface area contributed by atoms with Crippen molar-refractivity contribution in [2.24, 2.45) is 0 Å². The molecule has 0 unspecified atom stereocenters. The van der Waals surface area contributed by atoms with Gasteiger partial charge in [-0.3, -0.25) is 0 Å². The third kappa shape index (κ3) is 5.85. The van der Waals surface area contributed by atoms with Gasteiger partial charge >= 0.3 is 0 Å². The smallest absolute Gasteiger partial charge is 0.118 e. The van der Waals surface area contributed by atoms with Gasteiger partial charge in [-0.05, 0) is 79.8 Å². The van der Waals surface area contributed by atoms with Crippen molar-refractivity contribution in [2.75, 3.05) is 13.3 Å². The lowest BCUT2D eigenvalue weighted by molar-refractivity contribution is 0.414. The van der Waals surface area contributed by atoms with Crippen LogP contribution in [0.3, 0.4) is 0 Å². The van der Waals surface area contributed by atoms with Crippen LogP contribution in [0.25, 0.3) is 0 Å². The number of unbranched alkanes of at least 4 members (excludes halogenated alkanes) is 1. The summed E-state index contributed by atoms with van der Waals surface area (Å²) in [6.07, 6.45) is 10.3. The fourth-order valence-corrected chi connectivity index (χ4v) is 8.98. The zero-order valence-electron chi connectivity index (χ0n) is 20.0. The first-order valence-electron chi connectivity index (χ1n) is 12.2. The number of ether oxygens (including phenoxy) is 1. The lowest BCUT2D eigenvalue weighted by Gasteiger charge is -2.27. The monoisotopic (exact) mass is 465 g/mol. The topological polar surface area (TPSA) is 9.23 Å². The van der Waals surface area contributed by atoms with E-state index in [1.54, 1.807) is 7.11 Å². The van der Waals surface area contributed by atoms with Crippen LogP contribution in [0.4, 0.5) is 0 Å². The van der Waals surface area contributed by atoms with E-state index in [4.69, 9.17) is 4.74 Å². The van der Waals surface area contributed by atoms with Crippen molar-refractivity contribution in [2.45, 2.75) is 25.7 Å². The van der Waals surface area contributed by atoms with E-state index in [1.807, 2.05) is 12.1 Å². The number of benzene rings is 4. The minimum Gasteiger partial charge on any atom is -0.497 e. The number of aryl methyl sites for hydroxylation is 1. The molecule has 0 amide bonds. The molecule has 4 aromatic carbocycles. The van der Waals surface area contributed by atoms with E-state index < -0.39 is 7.26 Å². The van der Waals surface area contributed by atoms with Crippen LogP contribution in [-0.4, -0.2) is 13.3 Å². The first-order valence-corrected chi connectivity index (χ1v) is 14.1. The van der Waals surface area contributed by atoms with Gasteiger partial charge in [-0.25, -0.2) is 0 Å². The van der Waals surface area contributed by atoms with Gasteiger partial charge in [0, 0.05) is 0 Å². The van der Waals surface area contributed by atoms with Gasteiger partial charge in [-0.1, -0.05) is 78.9 Å². The zero-order valence-corrected chi connectivity index (χ0v) is 20.9. The van der Waals surface area contributed by atoms with E-state index in [-0.39, 0.29) is 0 Å². The second-order valence-electron chi connectivity index (χ2n) is 8.54. The van der Waals surface area contributed by atoms with Gasteiger partial charge in [0.1, 0.15) is 28.9 Å². The van der Waals surface area contributed by atoms with Crippen LogP contribution >= 0.6 is 7.26 Å². The third-order valence-corrected chi connectivity index (χ3v) is 10.9. The van der Waals surface area contributed by atoms with E-state index in [0.29, 0.717) is 0 Å². The van der Waals surface area contributed by atoms with Crippen molar-refractivity contribution in [3.8, 4) is 5.75 Å². The standard InChI is InChI=1S/C32H34OP/c1-33-29-25-23-28(24-26-29)16-8-3-2-4-15-27-34(30-17-9-5-10-18-30,31-19-11-6-12-20-31)32-21-13-7-14-22-32/h2-3,5-7,9-14,17-26H,4,8,15-16,27H2,1H3/q+1/b3-2+. The highest BCUT2D eigenvalue weighted by Crippen LogP contribution is 2.55. The highest BCUT2D eigenvalue weighted by Gasteiger charge is 2.44. The predicted octanol–water partition coefficient (Wildman–Crippen LogP) is 6.96. The molecule has 0 bridgehead atoms. The maximum atomic E-state index is 5.25. The minimum absolute atomic E-state index is 0.918. The van der Waals surface area contributed by atoms with Crippen molar-refractivity contribution < 1.29 is 4.74 Å². The zero-order chi connectivity index (χ0) is 23.5. The van der Waals surface area contributed by atoms with Gasteiger partial charge in [-0.2, -0.15) is 0 Å². The van der Waals surface area contributed by atoms with Crippen molar-refractivity contribution in [3.63, 3.8) is 0 Å². The van der Waals surface area contributed by atoms with E-state index in [1.165, 1.54) is 34.1 Å². The van der Waals surface area contributed by atoms with E-state index >= 15 is 0 Å². The average molecular weight is 466 g/mol. The molecular weight excluding hydrogens is 431 g/mol. The molecule has 0 heterocycles. The van der Waals surface area contributed by atoms with Crippen LogP contribution in [-0.2, 0) is 6.42 Å². The van der Waals surface area contributed by atoms with Crippen LogP contribution in [0, 0.1) is 0 Å². The van der Waals surface area contributed by atoms with Gasteiger partial charge in [-0.15, -0.1) is 0 Å². The van der Waals surface area contributed by atoms with Crippen molar-refractivity contribution in [3.05, 3.63) is 133 Å². The maximum Gasteiger partial charge on any atom is 0.118 e. The van der Waals surface area contributed by atoms with Crippen LogP contribution in [0.5, 0.6) is 5.75 Å². The number of allylic oxidation sites excluding steroid dienone is 2. The van der Waals surface area contributed by atoms with Gasteiger partial charge in [0.2, 0.25) is 0 Å². The molecule has 0 aromatic heterocycles. The second-order valence-corrected chi connectivity index (χ2v) is 12.2. The molecule has 172 valence electrons. The van der Waals surface area contributed by atoms with Crippen LogP contribution in [0.15, 0.2) is 127 Å². The number of hydrogen-bond acceptors (Lipinski definition) is 1. The fourth-order valence-electron chi connectivity index (χ4n) is 4.61. The van der Waals surface area contributed by atoms with Gasteiger partial charge < -0.3 is 4.74 Å². The molecule has 2 heteroatoms. The average Bonchev–Trinajstić information content (AvgIpc) is 2.92. The Morgan fingerprint density at radius 2 is 1.06 bits per heavy atom. The number of hydrogen-bond donors (Lipinski definition) is 0. The molecule has 1 nitrogen and oxygen atoms in total. The summed E-state index contributed by atoms with van der Waals surface area (Å²) in [5.74, 6) is 0.918. The fraction of sp³-hybridized carbons (Fsp3) is 0.188. The van der Waals surface area contributed by atoms with Gasteiger partial charge in [0.15, 0.2) is 0 Å². The second kappa shape index (κ2) is 12.4. The lowest BCUT2D eigenvalue weighted by atomic mass is 10.1. The van der Waals surface area contributed by atoms with E-state index in [0.717, 1.165) is 25.0 Å². The largest absolute Gasteiger partial charge is 0.497 e. The molecule has 34 heavy (non-hydrogen) atoms. The molecule has 0 aliphatic heterocycles. The Labute approximate surface area is 205 Å². The molecule has 0 spiro atoms. The Morgan fingerprint density at radius 3 is 1.53 bits per heavy atom. The highest BCUT2D eigenvalue weighted by molar-refractivity contribution is 7.95. The van der Waals surface area contributed by atoms with Gasteiger partial charge in [0.05, 0.1) is 13.3 Å². The quantitative estimate of drug-likeness (QED) is 0.132. The molecule has 0 fully saturated rings. The highest BCUT2D eigenvalue weighted by atomic mass is 31.2. The normalized spacial score (nSPS) is 11.6. The third-order valence-electron chi connectivity index (χ3n) is 6.38. The number of methoxy groups -OCH3 is 1. The Bertz CT molecular complexity index is 1040.